The second kappa shape index (κ2) is 6.36. The Morgan fingerprint density at radius 1 is 1.30 bits per heavy atom. The van der Waals surface area contributed by atoms with E-state index in [9.17, 15) is 9.18 Å². The van der Waals surface area contributed by atoms with E-state index >= 15 is 0 Å². The van der Waals surface area contributed by atoms with Gasteiger partial charge in [-0.15, -0.1) is 11.3 Å². The number of primary amides is 1. The van der Waals surface area contributed by atoms with E-state index in [0.29, 0.717) is 48.0 Å². The average molecular weight is 331 g/mol. The molecule has 0 bridgehead atoms. The van der Waals surface area contributed by atoms with E-state index < -0.39 is 5.91 Å². The number of benzene rings is 1. The van der Waals surface area contributed by atoms with Gasteiger partial charge >= 0.3 is 0 Å². The van der Waals surface area contributed by atoms with Crippen LogP contribution in [0.5, 0.6) is 0 Å². The molecule has 1 aliphatic heterocycles. The Labute approximate surface area is 136 Å². The van der Waals surface area contributed by atoms with Crippen LogP contribution in [0.3, 0.4) is 0 Å². The summed E-state index contributed by atoms with van der Waals surface area (Å²) in [6.45, 7) is 10.0. The van der Waals surface area contributed by atoms with Crippen LogP contribution in [-0.2, 0) is 4.74 Å². The largest absolute Gasteiger partial charge is 0.378 e. The molecule has 0 radical (unpaired) electrons. The molecule has 2 aromatic rings. The van der Waals surface area contributed by atoms with Gasteiger partial charge in [0.1, 0.15) is 5.82 Å². The van der Waals surface area contributed by atoms with Gasteiger partial charge < -0.3 is 15.4 Å². The Kier molecular flexibility index (Phi) is 4.28. The lowest BCUT2D eigenvalue weighted by molar-refractivity contribution is 0.100. The number of anilines is 1. The molecule has 1 saturated heterocycles. The molecule has 118 valence electrons. The number of carbonyl (C=O) groups is 1. The van der Waals surface area contributed by atoms with Crippen LogP contribution in [0.15, 0.2) is 24.3 Å². The summed E-state index contributed by atoms with van der Waals surface area (Å²) in [5.74, 6) is -0.957. The maximum Gasteiger partial charge on any atom is 0.258 e. The first-order valence-electron chi connectivity index (χ1n) is 7.04. The van der Waals surface area contributed by atoms with Crippen molar-refractivity contribution in [2.24, 2.45) is 5.73 Å². The van der Waals surface area contributed by atoms with Crippen LogP contribution < -0.4 is 10.6 Å². The number of morpholine rings is 1. The summed E-state index contributed by atoms with van der Waals surface area (Å²) in [6, 6.07) is 5.73. The molecular weight excluding hydrogens is 317 g/mol. The Morgan fingerprint density at radius 2 is 1.96 bits per heavy atom. The highest BCUT2D eigenvalue weighted by Gasteiger charge is 2.26. The number of hydrogen-bond donors (Lipinski definition) is 1. The summed E-state index contributed by atoms with van der Waals surface area (Å²) in [5.41, 5.74) is 6.98. The fourth-order valence-electron chi connectivity index (χ4n) is 2.55. The lowest BCUT2D eigenvalue weighted by atomic mass is 10.0. The smallest absolute Gasteiger partial charge is 0.258 e. The van der Waals surface area contributed by atoms with Gasteiger partial charge in [-0.05, 0) is 17.7 Å². The standard InChI is InChI=1S/C16H14FN3O2S/c1-19-13-12(10-2-4-11(17)5-3-10)14(15(18)21)23-16(13)20-6-8-22-9-7-20/h2-5H,6-9H2,(H2,18,21). The predicted octanol–water partition coefficient (Wildman–Crippen LogP) is 3.04. The van der Waals surface area contributed by atoms with Crippen molar-refractivity contribution in [3.05, 3.63) is 46.4 Å². The van der Waals surface area contributed by atoms with Crippen LogP contribution in [0, 0.1) is 12.4 Å². The van der Waals surface area contributed by atoms with E-state index in [1.54, 1.807) is 12.1 Å². The van der Waals surface area contributed by atoms with Crippen LogP contribution >= 0.6 is 11.3 Å². The van der Waals surface area contributed by atoms with Gasteiger partial charge in [-0.3, -0.25) is 4.79 Å². The zero-order chi connectivity index (χ0) is 16.4. The maximum atomic E-state index is 13.2. The lowest BCUT2D eigenvalue weighted by Crippen LogP contribution is -2.35. The first-order valence-corrected chi connectivity index (χ1v) is 7.86. The van der Waals surface area contributed by atoms with Crippen LogP contribution in [0.1, 0.15) is 9.67 Å². The number of nitrogens with two attached hydrogens (primary N) is 1. The molecule has 2 N–H and O–H groups in total. The molecule has 0 spiro atoms. The molecule has 1 aromatic heterocycles. The Bertz CT molecular complexity index is 774. The number of carbonyl (C=O) groups excluding carboxylic acids is 1. The first-order chi connectivity index (χ1) is 11.1. The fourth-order valence-corrected chi connectivity index (χ4v) is 3.72. The molecule has 5 nitrogen and oxygen atoms in total. The number of hydrogen-bond acceptors (Lipinski definition) is 4. The van der Waals surface area contributed by atoms with Crippen molar-refractivity contribution >= 4 is 27.9 Å². The predicted molar refractivity (Wildman–Crippen MR) is 87.5 cm³/mol. The zero-order valence-electron chi connectivity index (χ0n) is 12.2. The topological polar surface area (TPSA) is 59.9 Å². The minimum absolute atomic E-state index is 0.323. The third-order valence-corrected chi connectivity index (χ3v) is 4.89. The SMILES string of the molecule is [C-]#[N+]c1c(N2CCOCC2)sc(C(N)=O)c1-c1ccc(F)cc1. The first kappa shape index (κ1) is 15.5. The fraction of sp³-hybridized carbons (Fsp3) is 0.250. The summed E-state index contributed by atoms with van der Waals surface area (Å²) >= 11 is 1.21. The van der Waals surface area contributed by atoms with E-state index in [4.69, 9.17) is 17.0 Å². The number of rotatable bonds is 3. The second-order valence-electron chi connectivity index (χ2n) is 5.04. The van der Waals surface area contributed by atoms with Gasteiger partial charge in [0.05, 0.1) is 29.7 Å². The molecule has 7 heteroatoms. The second-order valence-corrected chi connectivity index (χ2v) is 6.04. The molecule has 0 saturated carbocycles. The van der Waals surface area contributed by atoms with Crippen molar-refractivity contribution in [2.45, 2.75) is 0 Å². The van der Waals surface area contributed by atoms with Crippen molar-refractivity contribution in [1.82, 2.24) is 0 Å². The Balaban J connectivity index is 2.16. The monoisotopic (exact) mass is 331 g/mol. The average Bonchev–Trinajstić information content (AvgIpc) is 2.96. The molecule has 1 aromatic carbocycles. The molecule has 1 fully saturated rings. The van der Waals surface area contributed by atoms with E-state index in [1.165, 1.54) is 23.5 Å². The van der Waals surface area contributed by atoms with E-state index in [2.05, 4.69) is 4.85 Å². The molecule has 0 atom stereocenters. The molecule has 2 heterocycles. The van der Waals surface area contributed by atoms with Crippen LogP contribution in [0.4, 0.5) is 15.1 Å². The normalized spacial score (nSPS) is 14.5. The van der Waals surface area contributed by atoms with Gasteiger partial charge in [0, 0.05) is 18.7 Å². The molecular formula is C16H14FN3O2S. The Hall–Kier alpha value is -2.43. The van der Waals surface area contributed by atoms with Crippen molar-refractivity contribution in [3.63, 3.8) is 0 Å². The number of halogens is 1. The highest BCUT2D eigenvalue weighted by Crippen LogP contribution is 2.48. The molecule has 3 rings (SSSR count). The van der Waals surface area contributed by atoms with Crippen LogP contribution in [0.25, 0.3) is 16.0 Å². The molecule has 1 aliphatic rings. The van der Waals surface area contributed by atoms with Crippen LogP contribution in [0.2, 0.25) is 0 Å². The van der Waals surface area contributed by atoms with Gasteiger partial charge in [0.25, 0.3) is 5.91 Å². The van der Waals surface area contributed by atoms with E-state index in [1.807, 2.05) is 4.90 Å². The van der Waals surface area contributed by atoms with Gasteiger partial charge in [0.2, 0.25) is 5.69 Å². The quantitative estimate of drug-likeness (QED) is 0.880. The highest BCUT2D eigenvalue weighted by atomic mass is 32.1. The maximum absolute atomic E-state index is 13.2. The van der Waals surface area contributed by atoms with Gasteiger partial charge in [0.15, 0.2) is 0 Å². The van der Waals surface area contributed by atoms with E-state index in [0.717, 1.165) is 5.00 Å². The van der Waals surface area contributed by atoms with E-state index in [-0.39, 0.29) is 5.82 Å². The molecule has 1 amide bonds. The van der Waals surface area contributed by atoms with Gasteiger partial charge in [-0.2, -0.15) is 0 Å². The minimum Gasteiger partial charge on any atom is -0.378 e. The number of ether oxygens (including phenoxy) is 1. The minimum atomic E-state index is -0.585. The lowest BCUT2D eigenvalue weighted by Gasteiger charge is -2.28. The summed E-state index contributed by atoms with van der Waals surface area (Å²) < 4.78 is 18.5. The number of amides is 1. The van der Waals surface area contributed by atoms with Crippen molar-refractivity contribution in [3.8, 4) is 11.1 Å². The molecule has 0 unspecified atom stereocenters. The van der Waals surface area contributed by atoms with Crippen molar-refractivity contribution in [2.75, 3.05) is 31.2 Å². The number of nitrogens with zero attached hydrogens (tertiary/aromatic N) is 2. The summed E-state index contributed by atoms with van der Waals surface area (Å²) in [6.07, 6.45) is 0. The van der Waals surface area contributed by atoms with Crippen molar-refractivity contribution in [1.29, 1.82) is 0 Å². The van der Waals surface area contributed by atoms with Gasteiger partial charge in [-0.1, -0.05) is 12.1 Å². The highest BCUT2D eigenvalue weighted by molar-refractivity contribution is 7.19. The molecule has 23 heavy (non-hydrogen) atoms. The van der Waals surface area contributed by atoms with Gasteiger partial charge in [-0.25, -0.2) is 9.24 Å². The zero-order valence-corrected chi connectivity index (χ0v) is 13.0. The van der Waals surface area contributed by atoms with Crippen molar-refractivity contribution < 1.29 is 13.9 Å². The van der Waals surface area contributed by atoms with Crippen LogP contribution in [-0.4, -0.2) is 32.2 Å². The summed E-state index contributed by atoms with van der Waals surface area (Å²) in [7, 11) is 0. The Morgan fingerprint density at radius 3 is 2.52 bits per heavy atom. The third-order valence-electron chi connectivity index (χ3n) is 3.63. The molecule has 0 aliphatic carbocycles. The third kappa shape index (κ3) is 2.91. The summed E-state index contributed by atoms with van der Waals surface area (Å²) in [4.78, 5) is 17.8. The summed E-state index contributed by atoms with van der Waals surface area (Å²) in [5, 5.41) is 0.719. The number of thiophene rings is 1.